The van der Waals surface area contributed by atoms with Crippen molar-refractivity contribution in [1.29, 1.82) is 0 Å². The molecule has 1 aliphatic rings. The largest absolute Gasteiger partial charge is 0.343 e. The van der Waals surface area contributed by atoms with Crippen molar-refractivity contribution >= 4 is 38.9 Å². The molecule has 1 atom stereocenters. The summed E-state index contributed by atoms with van der Waals surface area (Å²) in [5.74, 6) is -3.69. The number of nitrogens with zero attached hydrogens (tertiary/aromatic N) is 3. The lowest BCUT2D eigenvalue weighted by Gasteiger charge is -2.24. The number of hydrogen-bond acceptors (Lipinski definition) is 8. The molecule has 3 aromatic rings. The van der Waals surface area contributed by atoms with Crippen molar-refractivity contribution in [2.75, 3.05) is 10.7 Å². The Hall–Kier alpha value is -3.35. The Labute approximate surface area is 211 Å². The average Bonchev–Trinajstić information content (AvgIpc) is 3.25. The third kappa shape index (κ3) is 5.25. The topological polar surface area (TPSA) is 148 Å². The summed E-state index contributed by atoms with van der Waals surface area (Å²) in [7, 11) is -4.12. The number of carbonyl (C=O) groups excluding carboxylic acids is 2. The number of aromatic nitrogens is 2. The Morgan fingerprint density at radius 2 is 1.94 bits per heavy atom. The van der Waals surface area contributed by atoms with E-state index in [2.05, 4.69) is 15.5 Å². The number of benzene rings is 2. The van der Waals surface area contributed by atoms with Crippen molar-refractivity contribution in [1.82, 2.24) is 15.5 Å². The lowest BCUT2D eigenvalue weighted by atomic mass is 10.1. The van der Waals surface area contributed by atoms with Gasteiger partial charge < -0.3 is 20.5 Å². The molecule has 0 fully saturated rings. The van der Waals surface area contributed by atoms with E-state index in [0.29, 0.717) is 10.6 Å². The first-order valence-corrected chi connectivity index (χ1v) is 12.8. The van der Waals surface area contributed by atoms with Crippen LogP contribution in [0.25, 0.3) is 11.4 Å². The summed E-state index contributed by atoms with van der Waals surface area (Å²) in [6.45, 7) is 5.21. The number of anilines is 1. The van der Waals surface area contributed by atoms with Crippen LogP contribution < -0.4 is 16.0 Å². The van der Waals surface area contributed by atoms with Gasteiger partial charge in [0.15, 0.2) is 9.84 Å². The van der Waals surface area contributed by atoms with E-state index in [1.54, 1.807) is 45.0 Å². The second kappa shape index (κ2) is 9.26. The Kier molecular flexibility index (Phi) is 6.62. The zero-order valence-corrected chi connectivity index (χ0v) is 21.2. The normalized spacial score (nSPS) is 17.4. The van der Waals surface area contributed by atoms with Gasteiger partial charge in [0.05, 0.1) is 34.5 Å². The Morgan fingerprint density at radius 1 is 1.28 bits per heavy atom. The van der Waals surface area contributed by atoms with Crippen molar-refractivity contribution < 1.29 is 26.9 Å². The quantitative estimate of drug-likeness (QED) is 0.518. The molecule has 0 saturated carbocycles. The van der Waals surface area contributed by atoms with Gasteiger partial charge in [-0.2, -0.15) is 4.98 Å². The van der Waals surface area contributed by atoms with Gasteiger partial charge in [0.2, 0.25) is 11.7 Å². The number of amides is 2. The van der Waals surface area contributed by atoms with E-state index in [1.165, 1.54) is 4.90 Å². The van der Waals surface area contributed by atoms with Crippen LogP contribution in [0, 0.1) is 5.82 Å². The van der Waals surface area contributed by atoms with Gasteiger partial charge in [0.25, 0.3) is 0 Å². The van der Waals surface area contributed by atoms with Crippen LogP contribution in [0.3, 0.4) is 0 Å². The molecule has 1 aliphatic heterocycles. The van der Waals surface area contributed by atoms with Crippen molar-refractivity contribution in [2.24, 2.45) is 5.73 Å². The Bertz CT molecular complexity index is 1450. The molecule has 13 heteroatoms. The molecule has 0 unspecified atom stereocenters. The molecule has 0 saturated heterocycles. The van der Waals surface area contributed by atoms with Gasteiger partial charge in [-0.25, -0.2) is 12.8 Å². The molecule has 2 amide bonds. The standard InChI is InChI=1S/C23H23ClFN5O5S/c1-23(2,3)28-20(31)21-27-19(29-35-21)14-8-17-18(9-15(14)25)36(33,34)11-16(26)22(32)30(17)10-12-4-6-13(24)7-5-12/h4-9,16H,10-11,26H2,1-3H3,(H,28,31)/t16-/m0/s1. The second-order valence-electron chi connectivity index (χ2n) is 9.37. The number of carbonyl (C=O) groups is 2. The van der Waals surface area contributed by atoms with Gasteiger partial charge in [-0.05, 0) is 50.6 Å². The third-order valence-corrected chi connectivity index (χ3v) is 7.31. The van der Waals surface area contributed by atoms with Crippen LogP contribution in [0.4, 0.5) is 10.1 Å². The van der Waals surface area contributed by atoms with Crippen LogP contribution in [-0.2, 0) is 21.2 Å². The number of nitrogens with one attached hydrogen (secondary N) is 1. The Morgan fingerprint density at radius 3 is 2.58 bits per heavy atom. The molecule has 2 heterocycles. The number of fused-ring (bicyclic) bond motifs is 1. The predicted octanol–water partition coefficient (Wildman–Crippen LogP) is 2.71. The van der Waals surface area contributed by atoms with Crippen molar-refractivity contribution in [3.63, 3.8) is 0 Å². The molecule has 2 aromatic carbocycles. The third-order valence-electron chi connectivity index (χ3n) is 5.26. The highest BCUT2D eigenvalue weighted by molar-refractivity contribution is 7.91. The summed E-state index contributed by atoms with van der Waals surface area (Å²) in [4.78, 5) is 30.2. The fraction of sp³-hybridized carbons (Fsp3) is 0.304. The van der Waals surface area contributed by atoms with E-state index in [1.807, 2.05) is 0 Å². The van der Waals surface area contributed by atoms with Crippen molar-refractivity contribution in [3.05, 3.63) is 58.7 Å². The van der Waals surface area contributed by atoms with Gasteiger partial charge in [0.1, 0.15) is 5.82 Å². The molecular formula is C23H23ClFN5O5S. The van der Waals surface area contributed by atoms with E-state index < -0.39 is 55.6 Å². The molecule has 1 aromatic heterocycles. The highest BCUT2D eigenvalue weighted by Gasteiger charge is 2.37. The summed E-state index contributed by atoms with van der Waals surface area (Å²) >= 11 is 5.94. The number of rotatable bonds is 4. The highest BCUT2D eigenvalue weighted by atomic mass is 35.5. The summed E-state index contributed by atoms with van der Waals surface area (Å²) in [5, 5.41) is 6.81. The molecule has 10 nitrogen and oxygen atoms in total. The minimum absolute atomic E-state index is 0.0528. The number of nitrogens with two attached hydrogens (primary N) is 1. The first kappa shape index (κ1) is 25.7. The minimum atomic E-state index is -4.12. The van der Waals surface area contributed by atoms with E-state index >= 15 is 4.39 Å². The van der Waals surface area contributed by atoms with Crippen LogP contribution >= 0.6 is 11.6 Å². The average molecular weight is 536 g/mol. The molecular weight excluding hydrogens is 513 g/mol. The van der Waals surface area contributed by atoms with E-state index in [4.69, 9.17) is 21.9 Å². The molecule has 0 spiro atoms. The summed E-state index contributed by atoms with van der Waals surface area (Å²) < 4.78 is 46.1. The summed E-state index contributed by atoms with van der Waals surface area (Å²) in [5.41, 5.74) is 5.61. The first-order valence-electron chi connectivity index (χ1n) is 10.8. The Balaban J connectivity index is 1.82. The van der Waals surface area contributed by atoms with Crippen LogP contribution in [-0.4, -0.2) is 47.7 Å². The molecule has 0 aliphatic carbocycles. The van der Waals surface area contributed by atoms with Gasteiger partial charge in [-0.3, -0.25) is 9.59 Å². The summed E-state index contributed by atoms with van der Waals surface area (Å²) in [6.07, 6.45) is 0. The van der Waals surface area contributed by atoms with Crippen LogP contribution in [0.5, 0.6) is 0 Å². The van der Waals surface area contributed by atoms with E-state index in [9.17, 15) is 18.0 Å². The zero-order valence-electron chi connectivity index (χ0n) is 19.6. The molecule has 3 N–H and O–H groups in total. The molecule has 0 bridgehead atoms. The maximum Gasteiger partial charge on any atom is 0.316 e. The van der Waals surface area contributed by atoms with Gasteiger partial charge in [-0.15, -0.1) is 0 Å². The van der Waals surface area contributed by atoms with Crippen molar-refractivity contribution in [3.8, 4) is 11.4 Å². The summed E-state index contributed by atoms with van der Waals surface area (Å²) in [6, 6.07) is 7.16. The fourth-order valence-electron chi connectivity index (χ4n) is 3.65. The number of sulfone groups is 1. The van der Waals surface area contributed by atoms with E-state index in [-0.39, 0.29) is 23.6 Å². The van der Waals surface area contributed by atoms with Gasteiger partial charge in [0, 0.05) is 10.6 Å². The monoisotopic (exact) mass is 535 g/mol. The first-order chi connectivity index (χ1) is 16.7. The number of halogens is 2. The SMILES string of the molecule is CC(C)(C)NC(=O)c1nc(-c2cc3c(cc2F)S(=O)(=O)C[C@H](N)C(=O)N3Cc2ccc(Cl)cc2)no1. The maximum atomic E-state index is 15.2. The second-order valence-corrected chi connectivity index (χ2v) is 11.8. The van der Waals surface area contributed by atoms with Gasteiger partial charge >= 0.3 is 11.8 Å². The predicted molar refractivity (Wildman–Crippen MR) is 130 cm³/mol. The fourth-order valence-corrected chi connectivity index (χ4v) is 5.34. The van der Waals surface area contributed by atoms with Crippen LogP contribution in [0.1, 0.15) is 37.0 Å². The zero-order chi connectivity index (χ0) is 26.4. The van der Waals surface area contributed by atoms with Gasteiger partial charge in [-0.1, -0.05) is 28.9 Å². The highest BCUT2D eigenvalue weighted by Crippen LogP contribution is 2.36. The number of hydrogen-bond donors (Lipinski definition) is 2. The maximum absolute atomic E-state index is 15.2. The van der Waals surface area contributed by atoms with Crippen LogP contribution in [0.2, 0.25) is 5.02 Å². The lowest BCUT2D eigenvalue weighted by Crippen LogP contribution is -2.45. The molecule has 4 rings (SSSR count). The lowest BCUT2D eigenvalue weighted by molar-refractivity contribution is -0.119. The minimum Gasteiger partial charge on any atom is -0.343 e. The smallest absolute Gasteiger partial charge is 0.316 e. The molecule has 190 valence electrons. The van der Waals surface area contributed by atoms with E-state index in [0.717, 1.165) is 12.1 Å². The molecule has 0 radical (unpaired) electrons. The molecule has 36 heavy (non-hydrogen) atoms. The van der Waals surface area contributed by atoms with Crippen molar-refractivity contribution in [2.45, 2.75) is 43.8 Å². The van der Waals surface area contributed by atoms with Crippen LogP contribution in [0.15, 0.2) is 45.8 Å².